The highest BCUT2D eigenvalue weighted by Crippen LogP contribution is 2.29. The maximum Gasteiger partial charge on any atom is 0.143 e. The monoisotopic (exact) mass is 399 g/mol. The van der Waals surface area contributed by atoms with Crippen molar-refractivity contribution in [2.24, 2.45) is 0 Å². The second kappa shape index (κ2) is 9.09. The lowest BCUT2D eigenvalue weighted by molar-refractivity contribution is 0.296. The molecule has 4 aromatic rings. The minimum absolute atomic E-state index is 0.155. The van der Waals surface area contributed by atoms with Gasteiger partial charge in [-0.3, -0.25) is 4.90 Å². The van der Waals surface area contributed by atoms with E-state index in [-0.39, 0.29) is 6.04 Å². The van der Waals surface area contributed by atoms with E-state index in [0.29, 0.717) is 0 Å². The van der Waals surface area contributed by atoms with Crippen LogP contribution in [-0.4, -0.2) is 32.9 Å². The number of hydrogen-bond acceptors (Lipinski definition) is 4. The number of fused-ring (bicyclic) bond motifs is 1. The molecule has 0 unspecified atom stereocenters. The maximum absolute atomic E-state index is 4.50. The van der Waals surface area contributed by atoms with Crippen LogP contribution in [0.15, 0.2) is 67.0 Å². The Morgan fingerprint density at radius 3 is 2.40 bits per heavy atom. The van der Waals surface area contributed by atoms with Gasteiger partial charge in [0.1, 0.15) is 17.8 Å². The van der Waals surface area contributed by atoms with Gasteiger partial charge in [0.15, 0.2) is 0 Å². The molecule has 0 saturated heterocycles. The Kier molecular flexibility index (Phi) is 6.10. The van der Waals surface area contributed by atoms with Crippen molar-refractivity contribution in [1.82, 2.24) is 19.9 Å². The molecule has 30 heavy (non-hydrogen) atoms. The molecule has 0 spiro atoms. The summed E-state index contributed by atoms with van der Waals surface area (Å²) in [5.74, 6) is 0.844. The molecule has 0 aliphatic rings. The second-order valence-electron chi connectivity index (χ2n) is 7.60. The summed E-state index contributed by atoms with van der Waals surface area (Å²) >= 11 is 0. The lowest BCUT2D eigenvalue weighted by Crippen LogP contribution is -2.21. The number of rotatable bonds is 8. The molecule has 0 fully saturated rings. The number of aromatic nitrogens is 3. The van der Waals surface area contributed by atoms with E-state index in [0.717, 1.165) is 47.7 Å². The number of nitrogens with zero attached hydrogens (tertiary/aromatic N) is 3. The van der Waals surface area contributed by atoms with E-state index >= 15 is 0 Å². The minimum Gasteiger partial charge on any atom is -0.363 e. The first-order chi connectivity index (χ1) is 14.7. The molecule has 0 bridgehead atoms. The molecular weight excluding hydrogens is 370 g/mol. The van der Waals surface area contributed by atoms with Crippen LogP contribution in [0.1, 0.15) is 37.9 Å². The van der Waals surface area contributed by atoms with E-state index in [1.165, 1.54) is 11.1 Å². The third-order valence-corrected chi connectivity index (χ3v) is 5.64. The summed E-state index contributed by atoms with van der Waals surface area (Å²) in [6.07, 6.45) is 1.61. The molecule has 0 aliphatic carbocycles. The summed E-state index contributed by atoms with van der Waals surface area (Å²) in [4.78, 5) is 14.8. The van der Waals surface area contributed by atoms with Crippen LogP contribution in [0.5, 0.6) is 0 Å². The van der Waals surface area contributed by atoms with Crippen molar-refractivity contribution in [2.45, 2.75) is 33.4 Å². The quantitative estimate of drug-likeness (QED) is 0.403. The van der Waals surface area contributed by atoms with Crippen molar-refractivity contribution in [2.75, 3.05) is 18.4 Å². The third-order valence-electron chi connectivity index (χ3n) is 5.64. The number of H-pyrrole nitrogens is 1. The van der Waals surface area contributed by atoms with E-state index in [4.69, 9.17) is 0 Å². The van der Waals surface area contributed by atoms with Crippen LogP contribution in [-0.2, 0) is 6.54 Å². The smallest absolute Gasteiger partial charge is 0.143 e. The lowest BCUT2D eigenvalue weighted by atomic mass is 10.1. The first-order valence-electron chi connectivity index (χ1n) is 10.6. The molecule has 0 amide bonds. The molecule has 5 nitrogen and oxygen atoms in total. The molecule has 0 aliphatic heterocycles. The summed E-state index contributed by atoms with van der Waals surface area (Å²) < 4.78 is 0. The first-order valence-corrected chi connectivity index (χ1v) is 10.6. The fourth-order valence-corrected chi connectivity index (χ4v) is 3.74. The van der Waals surface area contributed by atoms with Crippen LogP contribution in [0.25, 0.3) is 22.3 Å². The molecule has 2 heterocycles. The Balaban J connectivity index is 1.57. The van der Waals surface area contributed by atoms with Crippen LogP contribution < -0.4 is 5.32 Å². The van der Waals surface area contributed by atoms with Crippen molar-refractivity contribution in [3.05, 3.63) is 78.1 Å². The fourth-order valence-electron chi connectivity index (χ4n) is 3.74. The van der Waals surface area contributed by atoms with Crippen LogP contribution in [0.4, 0.5) is 5.82 Å². The summed E-state index contributed by atoms with van der Waals surface area (Å²) in [6.45, 7) is 9.66. The zero-order chi connectivity index (χ0) is 20.9. The van der Waals surface area contributed by atoms with E-state index in [1.807, 2.05) is 6.07 Å². The second-order valence-corrected chi connectivity index (χ2v) is 7.60. The molecule has 4 rings (SSSR count). The lowest BCUT2D eigenvalue weighted by Gasteiger charge is -2.17. The molecule has 2 aromatic carbocycles. The summed E-state index contributed by atoms with van der Waals surface area (Å²) in [7, 11) is 0. The molecule has 1 atom stereocenters. The average molecular weight is 400 g/mol. The van der Waals surface area contributed by atoms with Crippen LogP contribution in [0.3, 0.4) is 0 Å². The number of hydrogen-bond donors (Lipinski definition) is 2. The molecule has 154 valence electrons. The number of nitrogens with one attached hydrogen (secondary N) is 2. The zero-order valence-corrected chi connectivity index (χ0v) is 17.9. The van der Waals surface area contributed by atoms with Gasteiger partial charge in [-0.2, -0.15) is 0 Å². The van der Waals surface area contributed by atoms with Gasteiger partial charge in [-0.15, -0.1) is 0 Å². The molecule has 2 aromatic heterocycles. The Bertz CT molecular complexity index is 1080. The molecule has 0 radical (unpaired) electrons. The van der Waals surface area contributed by atoms with Crippen molar-refractivity contribution < 1.29 is 0 Å². The van der Waals surface area contributed by atoms with Crippen molar-refractivity contribution >= 4 is 16.9 Å². The van der Waals surface area contributed by atoms with Gasteiger partial charge in [-0.05, 0) is 42.8 Å². The number of benzene rings is 2. The van der Waals surface area contributed by atoms with Crippen LogP contribution in [0, 0.1) is 0 Å². The van der Waals surface area contributed by atoms with Gasteiger partial charge in [-0.25, -0.2) is 9.97 Å². The Morgan fingerprint density at radius 2 is 1.70 bits per heavy atom. The highest BCUT2D eigenvalue weighted by atomic mass is 15.1. The van der Waals surface area contributed by atoms with E-state index in [1.54, 1.807) is 6.33 Å². The zero-order valence-electron chi connectivity index (χ0n) is 17.9. The predicted molar refractivity (Wildman–Crippen MR) is 124 cm³/mol. The first kappa shape index (κ1) is 20.1. The minimum atomic E-state index is 0.155. The van der Waals surface area contributed by atoms with Gasteiger partial charge in [-0.1, -0.05) is 68.4 Å². The highest BCUT2D eigenvalue weighted by molar-refractivity contribution is 5.91. The summed E-state index contributed by atoms with van der Waals surface area (Å²) in [6, 6.07) is 21.5. The summed E-state index contributed by atoms with van der Waals surface area (Å²) in [5.41, 5.74) is 5.60. The van der Waals surface area contributed by atoms with Crippen molar-refractivity contribution in [1.29, 1.82) is 0 Å². The van der Waals surface area contributed by atoms with E-state index in [9.17, 15) is 0 Å². The van der Waals surface area contributed by atoms with Crippen molar-refractivity contribution in [3.8, 4) is 11.3 Å². The number of anilines is 1. The molecular formula is C25H29N5. The van der Waals surface area contributed by atoms with Crippen LogP contribution >= 0.6 is 0 Å². The maximum atomic E-state index is 4.50. The van der Waals surface area contributed by atoms with Gasteiger partial charge >= 0.3 is 0 Å². The Morgan fingerprint density at radius 1 is 0.967 bits per heavy atom. The van der Waals surface area contributed by atoms with Crippen LogP contribution in [0.2, 0.25) is 0 Å². The molecule has 0 saturated carbocycles. The average Bonchev–Trinajstić information content (AvgIpc) is 3.24. The largest absolute Gasteiger partial charge is 0.363 e. The van der Waals surface area contributed by atoms with E-state index < -0.39 is 0 Å². The van der Waals surface area contributed by atoms with Gasteiger partial charge in [0.05, 0.1) is 5.39 Å². The van der Waals surface area contributed by atoms with Gasteiger partial charge in [0.25, 0.3) is 0 Å². The Labute approximate surface area is 178 Å². The van der Waals surface area contributed by atoms with E-state index in [2.05, 4.69) is 101 Å². The predicted octanol–water partition coefficient (Wildman–Crippen LogP) is 5.64. The molecule has 2 N–H and O–H groups in total. The topological polar surface area (TPSA) is 56.8 Å². The Hall–Kier alpha value is -3.18. The normalized spacial score (nSPS) is 12.4. The van der Waals surface area contributed by atoms with Gasteiger partial charge in [0, 0.05) is 18.3 Å². The number of aromatic amines is 1. The van der Waals surface area contributed by atoms with Gasteiger partial charge in [0.2, 0.25) is 0 Å². The highest BCUT2D eigenvalue weighted by Gasteiger charge is 2.12. The third kappa shape index (κ3) is 4.36. The van der Waals surface area contributed by atoms with Crippen molar-refractivity contribution in [3.63, 3.8) is 0 Å². The standard InChI is InChI=1S/C25H29N5/c1-4-30(5-2)16-19-11-13-21(14-12-19)23-15-22-24(26-17-27-25(22)29-23)28-18(3)20-9-7-6-8-10-20/h6-15,17-18H,4-5,16H2,1-3H3,(H2,26,27,28,29)/t18-/m1/s1. The molecule has 5 heteroatoms. The van der Waals surface area contributed by atoms with Gasteiger partial charge < -0.3 is 10.3 Å². The fraction of sp³-hybridized carbons (Fsp3) is 0.280. The SMILES string of the molecule is CCN(CC)Cc1ccc(-c2cc3c(N[C@H](C)c4ccccc4)ncnc3[nH]2)cc1. The summed E-state index contributed by atoms with van der Waals surface area (Å²) in [5, 5.41) is 4.54.